The highest BCUT2D eigenvalue weighted by molar-refractivity contribution is 5.98. The molecule has 0 saturated carbocycles. The molecule has 110 valence electrons. The van der Waals surface area contributed by atoms with Crippen molar-refractivity contribution in [2.75, 3.05) is 19.6 Å². The SMILES string of the molecule is Cc1cccc(C(=O)NCC2CCNC2)c1[N+](=O)[O-].Cl. The van der Waals surface area contributed by atoms with Crippen LogP contribution in [0.5, 0.6) is 0 Å². The molecule has 1 amide bonds. The normalized spacial score (nSPS) is 17.4. The third-order valence-corrected chi connectivity index (χ3v) is 3.38. The van der Waals surface area contributed by atoms with Gasteiger partial charge in [0.05, 0.1) is 4.92 Å². The zero-order valence-electron chi connectivity index (χ0n) is 11.2. The molecule has 0 aliphatic carbocycles. The standard InChI is InChI=1S/C13H17N3O3.ClH/c1-9-3-2-4-11(12(9)16(18)19)13(17)15-8-10-5-6-14-7-10;/h2-4,10,14H,5-8H2,1H3,(H,15,17);1H. The summed E-state index contributed by atoms with van der Waals surface area (Å²) in [5.74, 6) is 0.0371. The molecule has 0 bridgehead atoms. The molecule has 1 atom stereocenters. The number of carbonyl (C=O) groups is 1. The molecule has 0 aromatic heterocycles. The maximum atomic E-state index is 12.0. The summed E-state index contributed by atoms with van der Waals surface area (Å²) in [6.45, 7) is 4.04. The van der Waals surface area contributed by atoms with E-state index in [0.717, 1.165) is 19.5 Å². The average Bonchev–Trinajstić information content (AvgIpc) is 2.88. The molecule has 1 aliphatic heterocycles. The van der Waals surface area contributed by atoms with Crippen molar-refractivity contribution in [2.24, 2.45) is 5.92 Å². The first kappa shape index (κ1) is 16.4. The third kappa shape index (κ3) is 3.68. The number of rotatable bonds is 4. The summed E-state index contributed by atoms with van der Waals surface area (Å²) in [7, 11) is 0. The van der Waals surface area contributed by atoms with Crippen molar-refractivity contribution < 1.29 is 9.72 Å². The van der Waals surface area contributed by atoms with Crippen molar-refractivity contribution in [3.63, 3.8) is 0 Å². The highest BCUT2D eigenvalue weighted by Gasteiger charge is 2.23. The van der Waals surface area contributed by atoms with Crippen LogP contribution < -0.4 is 10.6 Å². The molecule has 6 nitrogen and oxygen atoms in total. The Labute approximate surface area is 123 Å². The largest absolute Gasteiger partial charge is 0.351 e. The predicted molar refractivity (Wildman–Crippen MR) is 78.4 cm³/mol. The van der Waals surface area contributed by atoms with Gasteiger partial charge < -0.3 is 10.6 Å². The number of nitrogens with zero attached hydrogens (tertiary/aromatic N) is 1. The zero-order chi connectivity index (χ0) is 13.8. The Morgan fingerprint density at radius 2 is 2.30 bits per heavy atom. The van der Waals surface area contributed by atoms with Crippen LogP contribution in [-0.2, 0) is 0 Å². The van der Waals surface area contributed by atoms with Gasteiger partial charge in [-0.25, -0.2) is 0 Å². The van der Waals surface area contributed by atoms with Crippen LogP contribution in [0, 0.1) is 23.0 Å². The van der Waals surface area contributed by atoms with Crippen LogP contribution in [0.4, 0.5) is 5.69 Å². The van der Waals surface area contributed by atoms with E-state index in [4.69, 9.17) is 0 Å². The van der Waals surface area contributed by atoms with Gasteiger partial charge in [-0.1, -0.05) is 12.1 Å². The Hall–Kier alpha value is -1.66. The summed E-state index contributed by atoms with van der Waals surface area (Å²) < 4.78 is 0. The first-order valence-electron chi connectivity index (χ1n) is 6.32. The van der Waals surface area contributed by atoms with Crippen molar-refractivity contribution in [1.82, 2.24) is 10.6 Å². The van der Waals surface area contributed by atoms with Crippen LogP contribution in [-0.4, -0.2) is 30.5 Å². The number of hydrogen-bond acceptors (Lipinski definition) is 4. The Balaban J connectivity index is 0.00000200. The highest BCUT2D eigenvalue weighted by atomic mass is 35.5. The quantitative estimate of drug-likeness (QED) is 0.654. The lowest BCUT2D eigenvalue weighted by atomic mass is 10.1. The molecule has 0 radical (unpaired) electrons. The van der Waals surface area contributed by atoms with E-state index in [1.165, 1.54) is 6.07 Å². The molecule has 1 aromatic carbocycles. The van der Waals surface area contributed by atoms with Crippen LogP contribution in [0.1, 0.15) is 22.3 Å². The number of para-hydroxylation sites is 1. The fourth-order valence-electron chi connectivity index (χ4n) is 2.31. The minimum absolute atomic E-state index is 0. The van der Waals surface area contributed by atoms with Gasteiger partial charge in [-0.15, -0.1) is 12.4 Å². The fraction of sp³-hybridized carbons (Fsp3) is 0.462. The lowest BCUT2D eigenvalue weighted by Crippen LogP contribution is -2.30. The Kier molecular flexibility index (Phi) is 5.91. The second-order valence-corrected chi connectivity index (χ2v) is 4.80. The van der Waals surface area contributed by atoms with E-state index in [0.29, 0.717) is 18.0 Å². The third-order valence-electron chi connectivity index (χ3n) is 3.38. The van der Waals surface area contributed by atoms with Gasteiger partial charge in [-0.3, -0.25) is 14.9 Å². The minimum atomic E-state index is -0.499. The number of nitrogens with one attached hydrogen (secondary N) is 2. The maximum Gasteiger partial charge on any atom is 0.285 e. The topological polar surface area (TPSA) is 84.3 Å². The number of nitro benzene ring substituents is 1. The molecular formula is C13H18ClN3O3. The van der Waals surface area contributed by atoms with Gasteiger partial charge >= 0.3 is 0 Å². The van der Waals surface area contributed by atoms with Crippen LogP contribution in [0.3, 0.4) is 0 Å². The van der Waals surface area contributed by atoms with Gasteiger partial charge in [0.25, 0.3) is 11.6 Å². The van der Waals surface area contributed by atoms with Gasteiger partial charge in [0.15, 0.2) is 0 Å². The molecule has 1 saturated heterocycles. The Morgan fingerprint density at radius 3 is 2.90 bits per heavy atom. The van der Waals surface area contributed by atoms with E-state index >= 15 is 0 Å². The molecule has 1 unspecified atom stereocenters. The lowest BCUT2D eigenvalue weighted by molar-refractivity contribution is -0.385. The van der Waals surface area contributed by atoms with E-state index in [1.807, 2.05) is 0 Å². The maximum absolute atomic E-state index is 12.0. The minimum Gasteiger partial charge on any atom is -0.351 e. The summed E-state index contributed by atoms with van der Waals surface area (Å²) in [5, 5.41) is 17.0. The van der Waals surface area contributed by atoms with Crippen molar-refractivity contribution in [3.05, 3.63) is 39.4 Å². The second kappa shape index (κ2) is 7.21. The highest BCUT2D eigenvalue weighted by Crippen LogP contribution is 2.22. The van der Waals surface area contributed by atoms with Crippen molar-refractivity contribution >= 4 is 24.0 Å². The molecule has 2 rings (SSSR count). The molecule has 1 fully saturated rings. The predicted octanol–water partition coefficient (Wildman–Crippen LogP) is 1.66. The molecular weight excluding hydrogens is 282 g/mol. The first-order chi connectivity index (χ1) is 9.09. The second-order valence-electron chi connectivity index (χ2n) is 4.80. The number of halogens is 1. The van der Waals surface area contributed by atoms with Gasteiger partial charge in [0.1, 0.15) is 5.56 Å². The summed E-state index contributed by atoms with van der Waals surface area (Å²) in [5.41, 5.74) is 0.528. The van der Waals surface area contributed by atoms with Gasteiger partial charge in [0.2, 0.25) is 0 Å². The zero-order valence-corrected chi connectivity index (χ0v) is 12.0. The molecule has 1 aliphatic rings. The van der Waals surface area contributed by atoms with Crippen LogP contribution in [0.25, 0.3) is 0 Å². The van der Waals surface area contributed by atoms with E-state index in [-0.39, 0.29) is 29.6 Å². The Morgan fingerprint density at radius 1 is 1.55 bits per heavy atom. The molecule has 0 spiro atoms. The summed E-state index contributed by atoms with van der Waals surface area (Å²) in [4.78, 5) is 22.6. The Bertz CT molecular complexity index is 502. The molecule has 1 aromatic rings. The molecule has 20 heavy (non-hydrogen) atoms. The number of nitro groups is 1. The van der Waals surface area contributed by atoms with Crippen LogP contribution in [0.15, 0.2) is 18.2 Å². The van der Waals surface area contributed by atoms with Crippen LogP contribution in [0.2, 0.25) is 0 Å². The van der Waals surface area contributed by atoms with Crippen molar-refractivity contribution in [2.45, 2.75) is 13.3 Å². The number of aryl methyl sites for hydroxylation is 1. The van der Waals surface area contributed by atoms with Gasteiger partial charge in [-0.2, -0.15) is 0 Å². The van der Waals surface area contributed by atoms with Crippen molar-refractivity contribution in [3.8, 4) is 0 Å². The molecule has 7 heteroatoms. The van der Waals surface area contributed by atoms with E-state index in [2.05, 4.69) is 10.6 Å². The smallest absolute Gasteiger partial charge is 0.285 e. The summed E-state index contributed by atoms with van der Waals surface area (Å²) in [6, 6.07) is 4.79. The molecule has 2 N–H and O–H groups in total. The lowest BCUT2D eigenvalue weighted by Gasteiger charge is -2.10. The summed E-state index contributed by atoms with van der Waals surface area (Å²) in [6.07, 6.45) is 1.02. The monoisotopic (exact) mass is 299 g/mol. The first-order valence-corrected chi connectivity index (χ1v) is 6.32. The fourth-order valence-corrected chi connectivity index (χ4v) is 2.31. The van der Waals surface area contributed by atoms with Gasteiger partial charge in [0, 0.05) is 12.1 Å². The van der Waals surface area contributed by atoms with Crippen LogP contribution >= 0.6 is 12.4 Å². The molecule has 1 heterocycles. The number of amides is 1. The number of hydrogen-bond donors (Lipinski definition) is 2. The van der Waals surface area contributed by atoms with Gasteiger partial charge in [-0.05, 0) is 38.4 Å². The van der Waals surface area contributed by atoms with E-state index in [9.17, 15) is 14.9 Å². The number of benzene rings is 1. The average molecular weight is 300 g/mol. The van der Waals surface area contributed by atoms with E-state index in [1.54, 1.807) is 19.1 Å². The summed E-state index contributed by atoms with van der Waals surface area (Å²) >= 11 is 0. The van der Waals surface area contributed by atoms with E-state index < -0.39 is 4.92 Å². The van der Waals surface area contributed by atoms with Crippen molar-refractivity contribution in [1.29, 1.82) is 0 Å². The number of carbonyl (C=O) groups excluding carboxylic acids is 1.